The minimum absolute atomic E-state index is 0.202. The Balaban J connectivity index is 4.31. The average Bonchev–Trinajstić information content (AvgIpc) is 2.13. The van der Waals surface area contributed by atoms with E-state index in [1.54, 1.807) is 20.1 Å². The zero-order valence-corrected chi connectivity index (χ0v) is 8.94. The quantitative estimate of drug-likeness (QED) is 0.228. The van der Waals surface area contributed by atoms with Gasteiger partial charge >= 0.3 is 12.0 Å². The standard InChI is InChI=1S/C7H14N2O3S/c1-7(2,13-4)5(10)12-6(8-3)9-11/h11H,1-4H3,(H,8,9). The third-order valence-corrected chi connectivity index (χ3v) is 2.68. The summed E-state index contributed by atoms with van der Waals surface area (Å²) in [4.78, 5) is 11.3. The molecule has 0 saturated carbocycles. The van der Waals surface area contributed by atoms with Crippen molar-refractivity contribution in [2.24, 2.45) is 5.16 Å². The molecule has 0 fully saturated rings. The SMILES string of the molecule is CNC(=NO)OC(=O)C(C)(C)SC. The van der Waals surface area contributed by atoms with Crippen molar-refractivity contribution in [3.05, 3.63) is 0 Å². The molecule has 76 valence electrons. The van der Waals surface area contributed by atoms with Crippen LogP contribution in [0.4, 0.5) is 0 Å². The van der Waals surface area contributed by atoms with Crippen LogP contribution in [0.15, 0.2) is 5.16 Å². The van der Waals surface area contributed by atoms with E-state index in [2.05, 4.69) is 10.5 Å². The van der Waals surface area contributed by atoms with Gasteiger partial charge in [0.05, 0.1) is 0 Å². The fraction of sp³-hybridized carbons (Fsp3) is 0.714. The fourth-order valence-electron chi connectivity index (χ4n) is 0.415. The summed E-state index contributed by atoms with van der Waals surface area (Å²) in [5.41, 5.74) is 0. The van der Waals surface area contributed by atoms with E-state index in [1.165, 1.54) is 18.8 Å². The van der Waals surface area contributed by atoms with Gasteiger partial charge in [-0.15, -0.1) is 11.8 Å². The molecule has 0 aliphatic heterocycles. The van der Waals surface area contributed by atoms with Gasteiger partial charge in [0.2, 0.25) is 0 Å². The van der Waals surface area contributed by atoms with Crippen molar-refractivity contribution in [1.29, 1.82) is 0 Å². The Morgan fingerprint density at radius 3 is 2.46 bits per heavy atom. The Morgan fingerprint density at radius 2 is 2.15 bits per heavy atom. The number of rotatable bonds is 2. The summed E-state index contributed by atoms with van der Waals surface area (Å²) in [5.74, 6) is -0.456. The number of hydrogen-bond acceptors (Lipinski definition) is 5. The van der Waals surface area contributed by atoms with E-state index in [9.17, 15) is 4.79 Å². The number of hydrogen-bond donors (Lipinski definition) is 2. The summed E-state index contributed by atoms with van der Waals surface area (Å²) in [6.07, 6.45) is 1.80. The molecule has 0 aromatic rings. The number of amidine groups is 1. The van der Waals surface area contributed by atoms with Gasteiger partial charge in [-0.3, -0.25) is 4.79 Å². The van der Waals surface area contributed by atoms with E-state index >= 15 is 0 Å². The Morgan fingerprint density at radius 1 is 1.62 bits per heavy atom. The minimum atomic E-state index is -0.646. The van der Waals surface area contributed by atoms with Crippen LogP contribution >= 0.6 is 11.8 Å². The second-order valence-electron chi connectivity index (χ2n) is 2.76. The number of carbonyl (C=O) groups is 1. The lowest BCUT2D eigenvalue weighted by atomic mass is 10.2. The largest absolute Gasteiger partial charge is 0.407 e. The summed E-state index contributed by atoms with van der Waals surface area (Å²) < 4.78 is 4.09. The van der Waals surface area contributed by atoms with Gasteiger partial charge in [-0.25, -0.2) is 0 Å². The van der Waals surface area contributed by atoms with Crippen molar-refractivity contribution in [2.75, 3.05) is 13.3 Å². The first-order valence-corrected chi connectivity index (χ1v) is 4.87. The van der Waals surface area contributed by atoms with Crippen LogP contribution in [0.3, 0.4) is 0 Å². The van der Waals surface area contributed by atoms with Gasteiger partial charge in [-0.2, -0.15) is 0 Å². The van der Waals surface area contributed by atoms with E-state index in [1.807, 2.05) is 0 Å². The number of nitrogens with one attached hydrogen (secondary N) is 1. The third-order valence-electron chi connectivity index (χ3n) is 1.50. The Kier molecular flexibility index (Phi) is 4.61. The van der Waals surface area contributed by atoms with Gasteiger partial charge in [0.15, 0.2) is 0 Å². The molecule has 0 spiro atoms. The van der Waals surface area contributed by atoms with E-state index < -0.39 is 10.7 Å². The van der Waals surface area contributed by atoms with Gasteiger partial charge < -0.3 is 15.3 Å². The van der Waals surface area contributed by atoms with Crippen LogP contribution in [0.2, 0.25) is 0 Å². The van der Waals surface area contributed by atoms with E-state index in [0.29, 0.717) is 0 Å². The van der Waals surface area contributed by atoms with Crippen LogP contribution in [-0.4, -0.2) is 35.2 Å². The summed E-state index contributed by atoms with van der Waals surface area (Å²) in [6, 6.07) is -0.202. The number of esters is 1. The first kappa shape index (κ1) is 12.1. The van der Waals surface area contributed by atoms with Crippen molar-refractivity contribution in [3.63, 3.8) is 0 Å². The maximum absolute atomic E-state index is 11.3. The molecule has 0 aliphatic carbocycles. The van der Waals surface area contributed by atoms with E-state index in [0.717, 1.165) is 0 Å². The molecule has 0 atom stereocenters. The van der Waals surface area contributed by atoms with Crippen LogP contribution < -0.4 is 5.32 Å². The molecule has 13 heavy (non-hydrogen) atoms. The molecule has 0 aromatic carbocycles. The molecular formula is C7H14N2O3S. The van der Waals surface area contributed by atoms with Crippen LogP contribution in [0.25, 0.3) is 0 Å². The monoisotopic (exact) mass is 206 g/mol. The van der Waals surface area contributed by atoms with Gasteiger partial charge in [0.1, 0.15) is 4.75 Å². The molecule has 2 N–H and O–H groups in total. The van der Waals surface area contributed by atoms with E-state index in [-0.39, 0.29) is 6.02 Å². The Hall–Kier alpha value is -0.910. The molecule has 0 rings (SSSR count). The zero-order valence-electron chi connectivity index (χ0n) is 8.12. The van der Waals surface area contributed by atoms with Crippen LogP contribution in [-0.2, 0) is 9.53 Å². The van der Waals surface area contributed by atoms with Gasteiger partial charge in [0, 0.05) is 7.05 Å². The Labute approximate surface area is 81.5 Å². The molecular weight excluding hydrogens is 192 g/mol. The van der Waals surface area contributed by atoms with Crippen LogP contribution in [0.5, 0.6) is 0 Å². The summed E-state index contributed by atoms with van der Waals surface area (Å²) >= 11 is 1.36. The van der Waals surface area contributed by atoms with Crippen molar-refractivity contribution < 1.29 is 14.7 Å². The molecule has 0 saturated heterocycles. The predicted octanol–water partition coefficient (Wildman–Crippen LogP) is 0.636. The maximum Gasteiger partial charge on any atom is 0.331 e. The zero-order chi connectivity index (χ0) is 10.5. The topological polar surface area (TPSA) is 70.9 Å². The van der Waals surface area contributed by atoms with Crippen LogP contribution in [0, 0.1) is 0 Å². The number of carbonyl (C=O) groups excluding carboxylic acids is 1. The van der Waals surface area contributed by atoms with Crippen LogP contribution in [0.1, 0.15) is 13.8 Å². The normalized spacial score (nSPS) is 12.5. The van der Waals surface area contributed by atoms with Crippen molar-refractivity contribution in [3.8, 4) is 0 Å². The van der Waals surface area contributed by atoms with Crippen molar-refractivity contribution in [2.45, 2.75) is 18.6 Å². The summed E-state index contributed by atoms with van der Waals surface area (Å²) in [7, 11) is 1.49. The lowest BCUT2D eigenvalue weighted by Gasteiger charge is -2.19. The lowest BCUT2D eigenvalue weighted by molar-refractivity contribution is -0.137. The van der Waals surface area contributed by atoms with Gasteiger partial charge in [0.25, 0.3) is 0 Å². The molecule has 5 nitrogen and oxygen atoms in total. The minimum Gasteiger partial charge on any atom is -0.407 e. The molecule has 0 heterocycles. The second kappa shape index (κ2) is 4.96. The molecule has 6 heteroatoms. The highest BCUT2D eigenvalue weighted by Gasteiger charge is 2.29. The number of thioether (sulfide) groups is 1. The van der Waals surface area contributed by atoms with Gasteiger partial charge in [-0.05, 0) is 25.3 Å². The molecule has 0 unspecified atom stereocenters. The fourth-order valence-corrected chi connectivity index (χ4v) is 0.624. The molecule has 0 bridgehead atoms. The number of oxime groups is 1. The first-order valence-electron chi connectivity index (χ1n) is 3.65. The maximum atomic E-state index is 11.3. The first-order chi connectivity index (χ1) is 5.97. The second-order valence-corrected chi connectivity index (χ2v) is 4.19. The highest BCUT2D eigenvalue weighted by molar-refractivity contribution is 8.00. The smallest absolute Gasteiger partial charge is 0.331 e. The average molecular weight is 206 g/mol. The predicted molar refractivity (Wildman–Crippen MR) is 52.0 cm³/mol. The highest BCUT2D eigenvalue weighted by Crippen LogP contribution is 2.22. The van der Waals surface area contributed by atoms with Gasteiger partial charge in [-0.1, -0.05) is 0 Å². The number of nitrogens with zero attached hydrogens (tertiary/aromatic N) is 1. The lowest BCUT2D eigenvalue weighted by Crippen LogP contribution is -2.35. The highest BCUT2D eigenvalue weighted by atomic mass is 32.2. The third kappa shape index (κ3) is 3.54. The molecule has 0 aromatic heterocycles. The molecule has 0 aliphatic rings. The van der Waals surface area contributed by atoms with Crippen molar-refractivity contribution >= 4 is 23.8 Å². The van der Waals surface area contributed by atoms with E-state index in [4.69, 9.17) is 9.94 Å². The summed E-state index contributed by atoms with van der Waals surface area (Å²) in [6.45, 7) is 3.45. The summed E-state index contributed by atoms with van der Waals surface area (Å²) in [5, 5.41) is 13.5. The Bertz CT molecular complexity index is 216. The molecule has 0 amide bonds. The number of ether oxygens (including phenoxy) is 1. The van der Waals surface area contributed by atoms with Crippen molar-refractivity contribution in [1.82, 2.24) is 5.32 Å². The molecule has 0 radical (unpaired) electrons.